The van der Waals surface area contributed by atoms with Gasteiger partial charge in [0.15, 0.2) is 0 Å². The van der Waals surface area contributed by atoms with E-state index in [9.17, 15) is 19.5 Å². The van der Waals surface area contributed by atoms with Crippen LogP contribution in [0.2, 0.25) is 0 Å². The Bertz CT molecular complexity index is 928. The van der Waals surface area contributed by atoms with Gasteiger partial charge in [-0.1, -0.05) is 24.3 Å². The number of likely N-dealkylation sites (tertiary alicyclic amines) is 1. The Hall–Kier alpha value is -3.19. The lowest BCUT2D eigenvalue weighted by Gasteiger charge is -2.24. The number of carbonyl (C=O) groups is 3. The number of carboxylic acid groups (broad SMARTS) is 1. The van der Waals surface area contributed by atoms with E-state index < -0.39 is 11.4 Å². The molecule has 1 unspecified atom stereocenters. The molecular weight excluding hydrogens is 372 g/mol. The standard InChI is InChI=1S/C22H24N2O5/c1-15-8-9-17(12-18(15)23-19(25)16-6-4-3-5-7-16)20(26)24-11-10-22(13-24,14-29-2)21(27)28/h3-9,12H,10-11,13-14H2,1-2H3,(H,23,25)(H,27,28). The number of anilines is 1. The van der Waals surface area contributed by atoms with E-state index in [4.69, 9.17) is 4.74 Å². The highest BCUT2D eigenvalue weighted by molar-refractivity contribution is 6.05. The maximum atomic E-state index is 13.0. The van der Waals surface area contributed by atoms with Gasteiger partial charge in [-0.2, -0.15) is 0 Å². The molecule has 1 heterocycles. The molecule has 7 heteroatoms. The van der Waals surface area contributed by atoms with Crippen molar-refractivity contribution in [1.82, 2.24) is 4.90 Å². The predicted molar refractivity (Wildman–Crippen MR) is 108 cm³/mol. The molecule has 7 nitrogen and oxygen atoms in total. The molecule has 2 aromatic rings. The summed E-state index contributed by atoms with van der Waals surface area (Å²) in [6.07, 6.45) is 0.339. The van der Waals surface area contributed by atoms with Crippen LogP contribution in [0.15, 0.2) is 48.5 Å². The van der Waals surface area contributed by atoms with Crippen molar-refractivity contribution >= 4 is 23.5 Å². The minimum Gasteiger partial charge on any atom is -0.481 e. The van der Waals surface area contributed by atoms with E-state index in [1.165, 1.54) is 12.0 Å². The molecule has 0 aromatic heterocycles. The molecule has 0 bridgehead atoms. The van der Waals surface area contributed by atoms with Crippen molar-refractivity contribution < 1.29 is 24.2 Å². The number of rotatable bonds is 6. The lowest BCUT2D eigenvalue weighted by atomic mass is 9.88. The smallest absolute Gasteiger partial charge is 0.313 e. The molecule has 2 N–H and O–H groups in total. The molecule has 2 amide bonds. The van der Waals surface area contributed by atoms with Gasteiger partial charge in [0.05, 0.1) is 6.61 Å². The van der Waals surface area contributed by atoms with Crippen LogP contribution in [-0.2, 0) is 9.53 Å². The Morgan fingerprint density at radius 1 is 1.14 bits per heavy atom. The van der Waals surface area contributed by atoms with Crippen LogP contribution >= 0.6 is 0 Å². The van der Waals surface area contributed by atoms with Gasteiger partial charge < -0.3 is 20.1 Å². The van der Waals surface area contributed by atoms with Crippen LogP contribution in [0.25, 0.3) is 0 Å². The number of carbonyl (C=O) groups excluding carboxylic acids is 2. The van der Waals surface area contributed by atoms with Gasteiger partial charge in [-0.05, 0) is 43.2 Å². The average molecular weight is 396 g/mol. The monoisotopic (exact) mass is 396 g/mol. The number of ether oxygens (including phenoxy) is 1. The van der Waals surface area contributed by atoms with Crippen molar-refractivity contribution in [3.05, 3.63) is 65.2 Å². The molecule has 152 valence electrons. The molecule has 0 spiro atoms. The highest BCUT2D eigenvalue weighted by Gasteiger charge is 2.46. The number of methoxy groups -OCH3 is 1. The van der Waals surface area contributed by atoms with Crippen molar-refractivity contribution in [2.24, 2.45) is 5.41 Å². The molecule has 29 heavy (non-hydrogen) atoms. The van der Waals surface area contributed by atoms with Crippen LogP contribution in [0.3, 0.4) is 0 Å². The largest absolute Gasteiger partial charge is 0.481 e. The molecule has 1 aliphatic rings. The minimum atomic E-state index is -1.08. The third-order valence-electron chi connectivity index (χ3n) is 5.28. The number of aliphatic carboxylic acids is 1. The molecule has 2 aromatic carbocycles. The SMILES string of the molecule is COCC1(C(=O)O)CCN(C(=O)c2ccc(C)c(NC(=O)c3ccccc3)c2)C1. The maximum absolute atomic E-state index is 13.0. The number of benzene rings is 2. The van der Waals surface area contributed by atoms with Gasteiger partial charge in [-0.25, -0.2) is 0 Å². The van der Waals surface area contributed by atoms with Gasteiger partial charge in [0, 0.05) is 37.0 Å². The van der Waals surface area contributed by atoms with Crippen molar-refractivity contribution in [2.45, 2.75) is 13.3 Å². The van der Waals surface area contributed by atoms with Gasteiger partial charge in [0.1, 0.15) is 5.41 Å². The highest BCUT2D eigenvalue weighted by Crippen LogP contribution is 2.32. The van der Waals surface area contributed by atoms with E-state index in [2.05, 4.69) is 5.32 Å². The third-order valence-corrected chi connectivity index (χ3v) is 5.28. The van der Waals surface area contributed by atoms with Gasteiger partial charge in [-0.3, -0.25) is 14.4 Å². The minimum absolute atomic E-state index is 0.0540. The zero-order chi connectivity index (χ0) is 21.0. The van der Waals surface area contributed by atoms with Crippen molar-refractivity contribution in [3.63, 3.8) is 0 Å². The normalized spacial score (nSPS) is 18.5. The number of hydrogen-bond acceptors (Lipinski definition) is 4. The van der Waals surface area contributed by atoms with Crippen LogP contribution in [0.1, 0.15) is 32.7 Å². The van der Waals surface area contributed by atoms with Gasteiger partial charge in [0.2, 0.25) is 0 Å². The fourth-order valence-corrected chi connectivity index (χ4v) is 3.53. The molecule has 1 atom stereocenters. The van der Waals surface area contributed by atoms with Crippen molar-refractivity contribution in [1.29, 1.82) is 0 Å². The third kappa shape index (κ3) is 4.30. The summed E-state index contributed by atoms with van der Waals surface area (Å²) in [7, 11) is 1.46. The molecule has 0 aliphatic carbocycles. The molecule has 1 fully saturated rings. The first-order valence-corrected chi connectivity index (χ1v) is 9.35. The fraction of sp³-hybridized carbons (Fsp3) is 0.318. The molecule has 3 rings (SSSR count). The van der Waals surface area contributed by atoms with Crippen molar-refractivity contribution in [3.8, 4) is 0 Å². The molecule has 1 aliphatic heterocycles. The van der Waals surface area contributed by atoms with Crippen LogP contribution in [0, 0.1) is 12.3 Å². The Kier molecular flexibility index (Phi) is 5.98. The first-order chi connectivity index (χ1) is 13.9. The number of carboxylic acids is 1. The molecule has 0 saturated carbocycles. The van der Waals surface area contributed by atoms with E-state index in [0.29, 0.717) is 29.8 Å². The summed E-state index contributed by atoms with van der Waals surface area (Å²) >= 11 is 0. The second-order valence-corrected chi connectivity index (χ2v) is 7.35. The quantitative estimate of drug-likeness (QED) is 0.783. The van der Waals surface area contributed by atoms with E-state index in [-0.39, 0.29) is 25.0 Å². The van der Waals surface area contributed by atoms with E-state index >= 15 is 0 Å². The van der Waals surface area contributed by atoms with Gasteiger partial charge in [-0.15, -0.1) is 0 Å². The summed E-state index contributed by atoms with van der Waals surface area (Å²) in [5.41, 5.74) is 1.21. The highest BCUT2D eigenvalue weighted by atomic mass is 16.5. The first kappa shape index (κ1) is 20.5. The van der Waals surface area contributed by atoms with Gasteiger partial charge >= 0.3 is 5.97 Å². The van der Waals surface area contributed by atoms with Gasteiger partial charge in [0.25, 0.3) is 11.8 Å². The number of aryl methyl sites for hydroxylation is 1. The molecule has 1 saturated heterocycles. The van der Waals surface area contributed by atoms with E-state index in [1.807, 2.05) is 13.0 Å². The summed E-state index contributed by atoms with van der Waals surface area (Å²) in [6.45, 7) is 2.33. The van der Waals surface area contributed by atoms with E-state index in [1.54, 1.807) is 42.5 Å². The summed E-state index contributed by atoms with van der Waals surface area (Å²) in [5.74, 6) is -1.49. The fourth-order valence-electron chi connectivity index (χ4n) is 3.53. The lowest BCUT2D eigenvalue weighted by Crippen LogP contribution is -2.40. The number of hydrogen-bond donors (Lipinski definition) is 2. The molecule has 0 radical (unpaired) electrons. The van der Waals surface area contributed by atoms with Crippen LogP contribution in [-0.4, -0.2) is 54.6 Å². The Morgan fingerprint density at radius 3 is 2.52 bits per heavy atom. The van der Waals surface area contributed by atoms with Crippen LogP contribution in [0.4, 0.5) is 5.69 Å². The number of nitrogens with zero attached hydrogens (tertiary/aromatic N) is 1. The van der Waals surface area contributed by atoms with E-state index in [0.717, 1.165) is 5.56 Å². The van der Waals surface area contributed by atoms with Crippen LogP contribution < -0.4 is 5.32 Å². The second-order valence-electron chi connectivity index (χ2n) is 7.35. The summed E-state index contributed by atoms with van der Waals surface area (Å²) in [5, 5.41) is 12.4. The topological polar surface area (TPSA) is 95.9 Å². The Balaban J connectivity index is 1.78. The molecular formula is C22H24N2O5. The Morgan fingerprint density at radius 2 is 1.86 bits per heavy atom. The average Bonchev–Trinajstić information content (AvgIpc) is 3.15. The second kappa shape index (κ2) is 8.45. The predicted octanol–water partition coefficient (Wildman–Crippen LogP) is 2.81. The summed E-state index contributed by atoms with van der Waals surface area (Å²) < 4.78 is 5.08. The maximum Gasteiger partial charge on any atom is 0.313 e. The summed E-state index contributed by atoms with van der Waals surface area (Å²) in [4.78, 5) is 38.6. The zero-order valence-corrected chi connectivity index (χ0v) is 16.5. The zero-order valence-electron chi connectivity index (χ0n) is 16.5. The Labute approximate surface area is 169 Å². The first-order valence-electron chi connectivity index (χ1n) is 9.35. The number of amides is 2. The van der Waals surface area contributed by atoms with Crippen molar-refractivity contribution in [2.75, 3.05) is 32.1 Å². The lowest BCUT2D eigenvalue weighted by molar-refractivity contribution is -0.151. The number of nitrogens with one attached hydrogen (secondary N) is 1. The summed E-state index contributed by atoms with van der Waals surface area (Å²) in [6, 6.07) is 13.9. The van der Waals surface area contributed by atoms with Crippen LogP contribution in [0.5, 0.6) is 0 Å².